The normalized spacial score (nSPS) is 24.6. The van der Waals surface area contributed by atoms with Gasteiger partial charge < -0.3 is 11.1 Å². The molecule has 0 aromatic heterocycles. The van der Waals surface area contributed by atoms with Gasteiger partial charge in [-0.25, -0.2) is 0 Å². The minimum Gasteiger partial charge on any atom is -0.349 e. The van der Waals surface area contributed by atoms with Gasteiger partial charge in [0.25, 0.3) is 0 Å². The van der Waals surface area contributed by atoms with Gasteiger partial charge in [0.15, 0.2) is 0 Å². The molecule has 2 rings (SSSR count). The molecule has 3 heteroatoms. The summed E-state index contributed by atoms with van der Waals surface area (Å²) >= 11 is 0. The lowest BCUT2D eigenvalue weighted by molar-refractivity contribution is -0.124. The molecular weight excluding hydrogens is 212 g/mol. The van der Waals surface area contributed by atoms with E-state index in [1.165, 1.54) is 0 Å². The first-order chi connectivity index (χ1) is 8.16. The maximum absolute atomic E-state index is 12.0. The summed E-state index contributed by atoms with van der Waals surface area (Å²) in [6.45, 7) is 1.99. The fourth-order valence-electron chi connectivity index (χ4n) is 2.07. The Balaban J connectivity index is 1.93. The molecule has 1 aromatic rings. The maximum Gasteiger partial charge on any atom is 0.227 e. The van der Waals surface area contributed by atoms with Crippen LogP contribution in [0.2, 0.25) is 0 Å². The average molecular weight is 230 g/mol. The molecule has 3 nitrogen and oxygen atoms in total. The highest BCUT2D eigenvalue weighted by atomic mass is 16.1. The second kappa shape index (κ2) is 5.15. The lowest BCUT2D eigenvalue weighted by atomic mass is 10.0. The molecule has 3 atom stereocenters. The maximum atomic E-state index is 12.0. The van der Waals surface area contributed by atoms with Gasteiger partial charge in [0, 0.05) is 6.04 Å². The smallest absolute Gasteiger partial charge is 0.227 e. The molecule has 1 aliphatic rings. The van der Waals surface area contributed by atoms with Crippen LogP contribution in [0.15, 0.2) is 42.5 Å². The molecule has 0 heterocycles. The molecule has 0 spiro atoms. The molecule has 1 aliphatic carbocycles. The third-order valence-corrected chi connectivity index (χ3v) is 3.11. The molecule has 0 saturated heterocycles. The summed E-state index contributed by atoms with van der Waals surface area (Å²) in [5.74, 6) is -0.0123. The zero-order chi connectivity index (χ0) is 12.3. The third-order valence-electron chi connectivity index (χ3n) is 3.11. The van der Waals surface area contributed by atoms with Crippen molar-refractivity contribution >= 4 is 5.91 Å². The van der Waals surface area contributed by atoms with E-state index in [2.05, 4.69) is 5.32 Å². The first-order valence-corrected chi connectivity index (χ1v) is 5.96. The van der Waals surface area contributed by atoms with E-state index < -0.39 is 0 Å². The number of hydrogen-bond donors (Lipinski definition) is 2. The Labute approximate surface area is 102 Å². The van der Waals surface area contributed by atoms with Crippen molar-refractivity contribution in [3.63, 3.8) is 0 Å². The van der Waals surface area contributed by atoms with E-state index in [9.17, 15) is 4.79 Å². The summed E-state index contributed by atoms with van der Waals surface area (Å²) in [7, 11) is 0. The molecule has 3 N–H and O–H groups in total. The summed E-state index contributed by atoms with van der Waals surface area (Å²) in [4.78, 5) is 12.0. The second-order valence-corrected chi connectivity index (χ2v) is 4.53. The van der Waals surface area contributed by atoms with Crippen molar-refractivity contribution in [1.82, 2.24) is 5.32 Å². The Kier molecular flexibility index (Phi) is 3.59. The van der Waals surface area contributed by atoms with Crippen molar-refractivity contribution in [2.75, 3.05) is 0 Å². The minimum absolute atomic E-state index is 0.0257. The zero-order valence-electron chi connectivity index (χ0n) is 9.97. The van der Waals surface area contributed by atoms with Crippen LogP contribution in [0.4, 0.5) is 0 Å². The number of nitrogens with one attached hydrogen (secondary N) is 1. The predicted molar refractivity (Wildman–Crippen MR) is 68.2 cm³/mol. The van der Waals surface area contributed by atoms with Crippen molar-refractivity contribution in [1.29, 1.82) is 0 Å². The lowest BCUT2D eigenvalue weighted by Gasteiger charge is -2.17. The van der Waals surface area contributed by atoms with Crippen LogP contribution in [0.1, 0.15) is 24.9 Å². The summed E-state index contributed by atoms with van der Waals surface area (Å²) in [5.41, 5.74) is 6.86. The fourth-order valence-corrected chi connectivity index (χ4v) is 2.07. The Bertz CT molecular complexity index is 413. The van der Waals surface area contributed by atoms with Crippen molar-refractivity contribution < 1.29 is 4.79 Å². The Morgan fingerprint density at radius 1 is 1.35 bits per heavy atom. The monoisotopic (exact) mass is 230 g/mol. The van der Waals surface area contributed by atoms with Gasteiger partial charge in [-0.3, -0.25) is 4.79 Å². The van der Waals surface area contributed by atoms with Crippen LogP contribution in [-0.4, -0.2) is 11.9 Å². The Morgan fingerprint density at radius 2 is 2.06 bits per heavy atom. The third kappa shape index (κ3) is 2.94. The van der Waals surface area contributed by atoms with Gasteiger partial charge in [-0.1, -0.05) is 42.5 Å². The van der Waals surface area contributed by atoms with Crippen LogP contribution in [0.3, 0.4) is 0 Å². The number of carbonyl (C=O) groups excluding carboxylic acids is 1. The van der Waals surface area contributed by atoms with E-state index in [4.69, 9.17) is 5.73 Å². The van der Waals surface area contributed by atoms with Gasteiger partial charge in [0.2, 0.25) is 5.91 Å². The largest absolute Gasteiger partial charge is 0.349 e. The number of benzene rings is 1. The number of rotatable bonds is 3. The number of hydrogen-bond acceptors (Lipinski definition) is 2. The highest BCUT2D eigenvalue weighted by molar-refractivity contribution is 5.81. The van der Waals surface area contributed by atoms with E-state index in [0.29, 0.717) is 6.42 Å². The molecule has 17 heavy (non-hydrogen) atoms. The molecule has 0 aliphatic heterocycles. The topological polar surface area (TPSA) is 55.1 Å². The fraction of sp³-hybridized carbons (Fsp3) is 0.357. The van der Waals surface area contributed by atoms with Crippen LogP contribution >= 0.6 is 0 Å². The van der Waals surface area contributed by atoms with Gasteiger partial charge in [0.1, 0.15) is 0 Å². The molecular formula is C14H18N2O. The molecule has 2 unspecified atom stereocenters. The van der Waals surface area contributed by atoms with E-state index in [-0.39, 0.29) is 23.9 Å². The molecule has 0 bridgehead atoms. The van der Waals surface area contributed by atoms with Gasteiger partial charge >= 0.3 is 0 Å². The van der Waals surface area contributed by atoms with Gasteiger partial charge in [0.05, 0.1) is 12.0 Å². The number of nitrogens with two attached hydrogens (primary N) is 1. The van der Waals surface area contributed by atoms with Crippen molar-refractivity contribution in [2.24, 2.45) is 11.7 Å². The van der Waals surface area contributed by atoms with Crippen molar-refractivity contribution in [2.45, 2.75) is 25.4 Å². The predicted octanol–water partition coefficient (Wildman–Crippen LogP) is 1.77. The SMILES string of the molecule is C[C@H](NC(=O)C1C=CC(N)C1)c1ccccc1. The molecule has 0 saturated carbocycles. The quantitative estimate of drug-likeness (QED) is 0.777. The first kappa shape index (κ1) is 11.9. The second-order valence-electron chi connectivity index (χ2n) is 4.53. The average Bonchev–Trinajstić information content (AvgIpc) is 2.77. The van der Waals surface area contributed by atoms with Crippen LogP contribution in [-0.2, 0) is 4.79 Å². The molecule has 1 amide bonds. The van der Waals surface area contributed by atoms with Crippen molar-refractivity contribution in [3.05, 3.63) is 48.0 Å². The Morgan fingerprint density at radius 3 is 2.65 bits per heavy atom. The highest BCUT2D eigenvalue weighted by Crippen LogP contribution is 2.18. The minimum atomic E-state index is -0.0730. The summed E-state index contributed by atoms with van der Waals surface area (Å²) in [6.07, 6.45) is 4.52. The van der Waals surface area contributed by atoms with E-state index >= 15 is 0 Å². The zero-order valence-corrected chi connectivity index (χ0v) is 9.97. The summed E-state index contributed by atoms with van der Waals surface area (Å²) in [6, 6.07) is 10.0. The van der Waals surface area contributed by atoms with E-state index in [1.807, 2.05) is 49.4 Å². The van der Waals surface area contributed by atoms with E-state index in [1.54, 1.807) is 0 Å². The summed E-state index contributed by atoms with van der Waals surface area (Å²) < 4.78 is 0. The van der Waals surface area contributed by atoms with Crippen molar-refractivity contribution in [3.8, 4) is 0 Å². The molecule has 90 valence electrons. The van der Waals surface area contributed by atoms with Crippen LogP contribution in [0.5, 0.6) is 0 Å². The molecule has 1 aromatic carbocycles. The Hall–Kier alpha value is -1.61. The van der Waals surface area contributed by atoms with Gasteiger partial charge in [-0.2, -0.15) is 0 Å². The van der Waals surface area contributed by atoms with Crippen LogP contribution < -0.4 is 11.1 Å². The lowest BCUT2D eigenvalue weighted by Crippen LogP contribution is -2.32. The molecule has 0 radical (unpaired) electrons. The van der Waals surface area contributed by atoms with Crippen LogP contribution in [0, 0.1) is 5.92 Å². The summed E-state index contributed by atoms with van der Waals surface area (Å²) in [5, 5.41) is 3.01. The first-order valence-electron chi connectivity index (χ1n) is 5.96. The number of carbonyl (C=O) groups is 1. The van der Waals surface area contributed by atoms with Crippen LogP contribution in [0.25, 0.3) is 0 Å². The number of amides is 1. The standard InChI is InChI=1S/C14H18N2O/c1-10(11-5-3-2-4-6-11)16-14(17)12-7-8-13(15)9-12/h2-8,10,12-13H,9,15H2,1H3,(H,16,17)/t10-,12?,13?/m0/s1. The van der Waals surface area contributed by atoms with Gasteiger partial charge in [-0.15, -0.1) is 0 Å². The highest BCUT2D eigenvalue weighted by Gasteiger charge is 2.23. The van der Waals surface area contributed by atoms with E-state index in [0.717, 1.165) is 5.56 Å². The molecule has 0 fully saturated rings. The van der Waals surface area contributed by atoms with Gasteiger partial charge in [-0.05, 0) is 18.9 Å².